The molecule has 0 atom stereocenters. The predicted molar refractivity (Wildman–Crippen MR) is 63.0 cm³/mol. The van der Waals surface area contributed by atoms with E-state index in [0.717, 1.165) is 0 Å². The molecule has 1 aromatic heterocycles. The van der Waals surface area contributed by atoms with Crippen LogP contribution >= 0.6 is 0 Å². The van der Waals surface area contributed by atoms with Crippen LogP contribution in [0, 0.1) is 11.3 Å². The summed E-state index contributed by atoms with van der Waals surface area (Å²) in [5, 5.41) is 9.59. The fourth-order valence-electron chi connectivity index (χ4n) is 1.91. The Balaban J connectivity index is 2.97. The van der Waals surface area contributed by atoms with Gasteiger partial charge in [0.15, 0.2) is 5.78 Å². The minimum absolute atomic E-state index is 0.155. The van der Waals surface area contributed by atoms with Gasteiger partial charge < -0.3 is 0 Å². The Kier molecular flexibility index (Phi) is 2.52. The molecule has 4 nitrogen and oxygen atoms in total. The molecule has 0 N–H and O–H groups in total. The number of hydrogen-bond donors (Lipinski definition) is 0. The maximum atomic E-state index is 11.5. The first-order valence-corrected chi connectivity index (χ1v) is 5.12. The third-order valence-corrected chi connectivity index (χ3v) is 2.67. The highest BCUT2D eigenvalue weighted by molar-refractivity contribution is 6.11. The monoisotopic (exact) mass is 226 g/mol. The molecule has 1 aromatic carbocycles. The van der Waals surface area contributed by atoms with Gasteiger partial charge in [-0.15, -0.1) is 0 Å². The van der Waals surface area contributed by atoms with Gasteiger partial charge in [-0.3, -0.25) is 14.2 Å². The van der Waals surface area contributed by atoms with Crippen molar-refractivity contribution < 1.29 is 9.59 Å². The van der Waals surface area contributed by atoms with Gasteiger partial charge in [-0.05, 0) is 19.1 Å². The Hall–Kier alpha value is -2.41. The largest absolute Gasteiger partial charge is 0.294 e. The number of carbonyl (C=O) groups is 2. The van der Waals surface area contributed by atoms with E-state index in [1.165, 1.54) is 24.6 Å². The highest BCUT2D eigenvalue weighted by Crippen LogP contribution is 2.25. The third kappa shape index (κ3) is 1.62. The Morgan fingerprint density at radius 2 is 2.00 bits per heavy atom. The van der Waals surface area contributed by atoms with Crippen LogP contribution in [0.5, 0.6) is 0 Å². The van der Waals surface area contributed by atoms with Crippen molar-refractivity contribution in [2.45, 2.75) is 13.8 Å². The number of hydrogen-bond acceptors (Lipinski definition) is 3. The van der Waals surface area contributed by atoms with E-state index >= 15 is 0 Å². The van der Waals surface area contributed by atoms with Crippen LogP contribution in [0.1, 0.15) is 34.6 Å². The van der Waals surface area contributed by atoms with Crippen molar-refractivity contribution in [1.29, 1.82) is 5.26 Å². The summed E-state index contributed by atoms with van der Waals surface area (Å²) in [7, 11) is 0. The van der Waals surface area contributed by atoms with Crippen molar-refractivity contribution in [3.8, 4) is 6.07 Å². The number of Topliss-reactive ketones (excluding diaryl/α,β-unsaturated/α-hetero) is 1. The number of carbonyl (C=O) groups excluding carboxylic acids is 2. The first-order valence-electron chi connectivity index (χ1n) is 5.12. The molecule has 0 saturated heterocycles. The maximum absolute atomic E-state index is 11.5. The van der Waals surface area contributed by atoms with Gasteiger partial charge in [0.2, 0.25) is 5.91 Å². The second-order valence-electron chi connectivity index (χ2n) is 3.80. The molecule has 0 radical (unpaired) electrons. The van der Waals surface area contributed by atoms with Crippen LogP contribution in [0.2, 0.25) is 0 Å². The minimum Gasteiger partial charge on any atom is -0.294 e. The molecule has 1 heterocycles. The van der Waals surface area contributed by atoms with Crippen LogP contribution in [0.25, 0.3) is 10.9 Å². The van der Waals surface area contributed by atoms with Crippen LogP contribution in [-0.2, 0) is 0 Å². The minimum atomic E-state index is -0.183. The molecule has 17 heavy (non-hydrogen) atoms. The lowest BCUT2D eigenvalue weighted by Crippen LogP contribution is -2.03. The number of ketones is 1. The van der Waals surface area contributed by atoms with E-state index in [1.807, 2.05) is 6.07 Å². The van der Waals surface area contributed by atoms with Crippen molar-refractivity contribution in [3.05, 3.63) is 35.5 Å². The van der Waals surface area contributed by atoms with E-state index in [2.05, 4.69) is 0 Å². The van der Waals surface area contributed by atoms with Crippen LogP contribution in [0.4, 0.5) is 0 Å². The van der Waals surface area contributed by atoms with E-state index in [9.17, 15) is 9.59 Å². The number of benzene rings is 1. The summed E-state index contributed by atoms with van der Waals surface area (Å²) < 4.78 is 1.40. The van der Waals surface area contributed by atoms with Gasteiger partial charge in [0, 0.05) is 24.1 Å². The van der Waals surface area contributed by atoms with Gasteiger partial charge in [0.25, 0.3) is 0 Å². The average molecular weight is 226 g/mol. The highest BCUT2D eigenvalue weighted by Gasteiger charge is 2.16. The molecule has 0 spiro atoms. The van der Waals surface area contributed by atoms with Crippen LogP contribution in [-0.4, -0.2) is 16.3 Å². The number of rotatable bonds is 1. The molecule has 0 aliphatic heterocycles. The standard InChI is InChI=1S/C13H10N2O2/c1-8(16)11-7-15(9(2)17)12-5-3-4-10(6-14)13(11)12/h3-5,7H,1-2H3. The molecule has 0 fully saturated rings. The first kappa shape index (κ1) is 11.1. The Bertz CT molecular complexity index is 675. The third-order valence-electron chi connectivity index (χ3n) is 2.67. The lowest BCUT2D eigenvalue weighted by Gasteiger charge is -1.99. The Morgan fingerprint density at radius 3 is 2.53 bits per heavy atom. The van der Waals surface area contributed by atoms with E-state index in [0.29, 0.717) is 22.0 Å². The van der Waals surface area contributed by atoms with Gasteiger partial charge in [-0.2, -0.15) is 5.26 Å². The van der Waals surface area contributed by atoms with E-state index in [1.54, 1.807) is 18.2 Å². The smallest absolute Gasteiger partial charge is 0.227 e. The summed E-state index contributed by atoms with van der Waals surface area (Å²) in [5.74, 6) is -0.338. The maximum Gasteiger partial charge on any atom is 0.227 e. The second kappa shape index (κ2) is 3.87. The molecular weight excluding hydrogens is 216 g/mol. The zero-order valence-electron chi connectivity index (χ0n) is 9.52. The molecule has 0 unspecified atom stereocenters. The fourth-order valence-corrected chi connectivity index (χ4v) is 1.91. The molecule has 0 aliphatic rings. The summed E-state index contributed by atoms with van der Waals surface area (Å²) in [4.78, 5) is 23.0. The fraction of sp³-hybridized carbons (Fsp3) is 0.154. The van der Waals surface area contributed by atoms with Gasteiger partial charge in [-0.25, -0.2) is 0 Å². The van der Waals surface area contributed by atoms with Gasteiger partial charge in [0.05, 0.1) is 17.1 Å². The van der Waals surface area contributed by atoms with Crippen molar-refractivity contribution >= 4 is 22.6 Å². The molecule has 4 heteroatoms. The topological polar surface area (TPSA) is 62.9 Å². The molecule has 0 saturated carbocycles. The van der Waals surface area contributed by atoms with Crippen LogP contribution < -0.4 is 0 Å². The predicted octanol–water partition coefficient (Wildman–Crippen LogP) is 2.38. The Labute approximate surface area is 98.1 Å². The summed E-state index contributed by atoms with van der Waals surface area (Å²) in [6.07, 6.45) is 1.50. The summed E-state index contributed by atoms with van der Waals surface area (Å²) in [6.45, 7) is 2.84. The molecule has 0 aliphatic carbocycles. The molecular formula is C13H10N2O2. The van der Waals surface area contributed by atoms with Gasteiger partial charge >= 0.3 is 0 Å². The molecule has 2 rings (SSSR count). The quantitative estimate of drug-likeness (QED) is 0.701. The van der Waals surface area contributed by atoms with Crippen molar-refractivity contribution in [1.82, 2.24) is 4.57 Å². The number of nitriles is 1. The first-order chi connectivity index (χ1) is 8.06. The molecule has 0 bridgehead atoms. The van der Waals surface area contributed by atoms with Gasteiger partial charge in [-0.1, -0.05) is 6.07 Å². The highest BCUT2D eigenvalue weighted by atomic mass is 16.1. The zero-order chi connectivity index (χ0) is 12.6. The van der Waals surface area contributed by atoms with E-state index in [-0.39, 0.29) is 11.7 Å². The van der Waals surface area contributed by atoms with Crippen LogP contribution in [0.15, 0.2) is 24.4 Å². The van der Waals surface area contributed by atoms with Crippen molar-refractivity contribution in [2.75, 3.05) is 0 Å². The van der Waals surface area contributed by atoms with Crippen LogP contribution in [0.3, 0.4) is 0 Å². The second-order valence-corrected chi connectivity index (χ2v) is 3.80. The van der Waals surface area contributed by atoms with Gasteiger partial charge in [0.1, 0.15) is 0 Å². The Morgan fingerprint density at radius 1 is 1.29 bits per heavy atom. The lowest BCUT2D eigenvalue weighted by molar-refractivity contribution is 0.0941. The summed E-state index contributed by atoms with van der Waals surface area (Å²) in [5.41, 5.74) is 1.42. The van der Waals surface area contributed by atoms with Crippen molar-refractivity contribution in [2.24, 2.45) is 0 Å². The summed E-state index contributed by atoms with van der Waals surface area (Å²) >= 11 is 0. The molecule has 84 valence electrons. The number of nitrogens with zero attached hydrogens (tertiary/aromatic N) is 2. The SMILES string of the molecule is CC(=O)c1cn(C(C)=O)c2cccc(C#N)c12. The zero-order valence-corrected chi connectivity index (χ0v) is 9.52. The molecule has 0 amide bonds. The normalized spacial score (nSPS) is 10.2. The lowest BCUT2D eigenvalue weighted by atomic mass is 10.1. The number of fused-ring (bicyclic) bond motifs is 1. The van der Waals surface area contributed by atoms with E-state index < -0.39 is 0 Å². The van der Waals surface area contributed by atoms with Crippen molar-refractivity contribution in [3.63, 3.8) is 0 Å². The van der Waals surface area contributed by atoms with E-state index in [4.69, 9.17) is 5.26 Å². The summed E-state index contributed by atoms with van der Waals surface area (Å²) in [6, 6.07) is 7.10. The average Bonchev–Trinajstić information content (AvgIpc) is 2.68. The number of aromatic nitrogens is 1. The molecule has 2 aromatic rings.